The van der Waals surface area contributed by atoms with E-state index >= 15 is 0 Å². The van der Waals surface area contributed by atoms with Crippen molar-refractivity contribution in [2.24, 2.45) is 5.92 Å². The summed E-state index contributed by atoms with van der Waals surface area (Å²) < 4.78 is 64.7. The van der Waals surface area contributed by atoms with Gasteiger partial charge in [0.2, 0.25) is 10.0 Å². The van der Waals surface area contributed by atoms with Crippen LogP contribution in [0, 0.1) is 12.8 Å². The van der Waals surface area contributed by atoms with Crippen LogP contribution >= 0.6 is 11.3 Å². The number of aryl methyl sites for hydroxylation is 1. The molecule has 1 aliphatic carbocycles. The molecule has 2 aromatic heterocycles. The summed E-state index contributed by atoms with van der Waals surface area (Å²) in [6.07, 6.45) is 0.387. The quantitative estimate of drug-likeness (QED) is 0.598. The highest BCUT2D eigenvalue weighted by atomic mass is 32.2. The first-order valence-electron chi connectivity index (χ1n) is 10.2. The standard InChI is InChI=1S/C20H27F3N4O2S2/c1-12(2)31(28,29)25-10-14-4-7-16(8-5-14)26-19-27-18(13(3)30-19)15-6-9-17(24-11-15)20(21,22)23/h6,9,11-12,14,16,25H,4-5,7-8,10H2,1-3H3,(H,26,27)/t14-,16-. The summed E-state index contributed by atoms with van der Waals surface area (Å²) in [4.78, 5) is 8.99. The molecule has 0 bridgehead atoms. The zero-order valence-electron chi connectivity index (χ0n) is 17.7. The Balaban J connectivity index is 1.55. The van der Waals surface area contributed by atoms with Gasteiger partial charge in [-0.1, -0.05) is 0 Å². The van der Waals surface area contributed by atoms with Gasteiger partial charge in [-0.05, 0) is 64.5 Å². The van der Waals surface area contributed by atoms with Crippen molar-refractivity contribution in [3.63, 3.8) is 0 Å². The van der Waals surface area contributed by atoms with Crippen molar-refractivity contribution < 1.29 is 21.6 Å². The second-order valence-corrected chi connectivity index (χ2v) is 11.7. The molecule has 3 rings (SSSR count). The predicted molar refractivity (Wildman–Crippen MR) is 117 cm³/mol. The molecule has 0 aromatic carbocycles. The van der Waals surface area contributed by atoms with Crippen molar-refractivity contribution in [3.8, 4) is 11.3 Å². The lowest BCUT2D eigenvalue weighted by atomic mass is 9.86. The number of aromatic nitrogens is 2. The summed E-state index contributed by atoms with van der Waals surface area (Å²) in [6, 6.07) is 2.60. The average molecular weight is 477 g/mol. The minimum Gasteiger partial charge on any atom is -0.359 e. The van der Waals surface area contributed by atoms with Gasteiger partial charge in [-0.2, -0.15) is 13.2 Å². The fraction of sp³-hybridized carbons (Fsp3) is 0.600. The fourth-order valence-corrected chi connectivity index (χ4v) is 5.23. The van der Waals surface area contributed by atoms with Gasteiger partial charge in [-0.3, -0.25) is 4.98 Å². The normalized spacial score (nSPS) is 20.2. The second-order valence-electron chi connectivity index (χ2n) is 8.16. The number of thiazole rings is 1. The molecule has 2 N–H and O–H groups in total. The Morgan fingerprint density at radius 2 is 1.87 bits per heavy atom. The highest BCUT2D eigenvalue weighted by Gasteiger charge is 2.32. The van der Waals surface area contributed by atoms with Gasteiger partial charge in [0.05, 0.1) is 10.9 Å². The first-order valence-corrected chi connectivity index (χ1v) is 12.6. The van der Waals surface area contributed by atoms with E-state index in [1.165, 1.54) is 23.6 Å². The molecule has 1 fully saturated rings. The molecule has 2 aromatic rings. The van der Waals surface area contributed by atoms with Crippen LogP contribution in [0.1, 0.15) is 50.1 Å². The Kier molecular flexibility index (Phi) is 7.27. The van der Waals surface area contributed by atoms with Crippen LogP contribution in [-0.2, 0) is 16.2 Å². The molecular weight excluding hydrogens is 449 g/mol. The van der Waals surface area contributed by atoms with Crippen LogP contribution in [0.4, 0.5) is 18.3 Å². The van der Waals surface area contributed by atoms with Crippen molar-refractivity contribution in [3.05, 3.63) is 28.9 Å². The Morgan fingerprint density at radius 1 is 1.19 bits per heavy atom. The average Bonchev–Trinajstić information content (AvgIpc) is 3.07. The van der Waals surface area contributed by atoms with Gasteiger partial charge in [0, 0.05) is 29.2 Å². The monoisotopic (exact) mass is 476 g/mol. The fourth-order valence-electron chi connectivity index (χ4n) is 3.51. The van der Waals surface area contributed by atoms with Gasteiger partial charge in [-0.15, -0.1) is 11.3 Å². The van der Waals surface area contributed by atoms with Crippen LogP contribution in [0.25, 0.3) is 11.3 Å². The van der Waals surface area contributed by atoms with E-state index in [1.807, 2.05) is 6.92 Å². The number of hydrogen-bond donors (Lipinski definition) is 2. The number of halogens is 3. The number of alkyl halides is 3. The van der Waals surface area contributed by atoms with Gasteiger partial charge in [-0.25, -0.2) is 18.1 Å². The Labute approximate surface area is 184 Å². The molecule has 0 radical (unpaired) electrons. The molecule has 0 unspecified atom stereocenters. The largest absolute Gasteiger partial charge is 0.433 e. The molecule has 31 heavy (non-hydrogen) atoms. The Bertz CT molecular complexity index is 981. The number of nitrogens with one attached hydrogen (secondary N) is 2. The lowest BCUT2D eigenvalue weighted by Crippen LogP contribution is -2.37. The summed E-state index contributed by atoms with van der Waals surface area (Å²) in [5.41, 5.74) is 0.261. The number of anilines is 1. The van der Waals surface area contributed by atoms with Crippen molar-refractivity contribution in [1.29, 1.82) is 0 Å². The molecule has 11 heteroatoms. The van der Waals surface area contributed by atoms with Crippen LogP contribution in [0.5, 0.6) is 0 Å². The zero-order chi connectivity index (χ0) is 22.8. The summed E-state index contributed by atoms with van der Waals surface area (Å²) in [6.45, 7) is 5.67. The van der Waals surface area contributed by atoms with Gasteiger partial charge < -0.3 is 5.32 Å². The zero-order valence-corrected chi connectivity index (χ0v) is 19.3. The lowest BCUT2D eigenvalue weighted by Gasteiger charge is -2.29. The number of sulfonamides is 1. The van der Waals surface area contributed by atoms with Gasteiger partial charge in [0.1, 0.15) is 5.69 Å². The number of rotatable bonds is 7. The number of pyridine rings is 1. The van der Waals surface area contributed by atoms with E-state index in [-0.39, 0.29) is 6.04 Å². The third-order valence-corrected chi connectivity index (χ3v) is 8.20. The van der Waals surface area contributed by atoms with Gasteiger partial charge in [0.25, 0.3) is 0 Å². The number of hydrogen-bond acceptors (Lipinski definition) is 6. The van der Waals surface area contributed by atoms with Gasteiger partial charge in [0.15, 0.2) is 5.13 Å². The first kappa shape index (κ1) is 23.9. The highest BCUT2D eigenvalue weighted by molar-refractivity contribution is 7.90. The molecule has 6 nitrogen and oxygen atoms in total. The molecule has 0 saturated heterocycles. The Morgan fingerprint density at radius 3 is 2.42 bits per heavy atom. The molecule has 0 aliphatic heterocycles. The van der Waals surface area contributed by atoms with E-state index in [4.69, 9.17) is 0 Å². The van der Waals surface area contributed by atoms with Crippen molar-refractivity contribution in [2.75, 3.05) is 11.9 Å². The number of nitrogens with zero attached hydrogens (tertiary/aromatic N) is 2. The van der Waals surface area contributed by atoms with Crippen LogP contribution in [0.15, 0.2) is 18.3 Å². The summed E-state index contributed by atoms with van der Waals surface area (Å²) in [5.74, 6) is 0.318. The smallest absolute Gasteiger partial charge is 0.359 e. The molecular formula is C20H27F3N4O2S2. The van der Waals surface area contributed by atoms with Crippen LogP contribution in [0.3, 0.4) is 0 Å². The predicted octanol–water partition coefficient (Wildman–Crippen LogP) is 4.83. The summed E-state index contributed by atoms with van der Waals surface area (Å²) >= 11 is 1.47. The molecule has 0 amide bonds. The summed E-state index contributed by atoms with van der Waals surface area (Å²) in [5, 5.41) is 3.72. The maximum absolute atomic E-state index is 12.7. The van der Waals surface area contributed by atoms with Crippen LogP contribution in [0.2, 0.25) is 0 Å². The highest BCUT2D eigenvalue weighted by Crippen LogP contribution is 2.34. The SMILES string of the molecule is Cc1sc(N[C@H]2CC[C@H](CNS(=O)(=O)C(C)C)CC2)nc1-c1ccc(C(F)(F)F)nc1. The maximum atomic E-state index is 12.7. The van der Waals surface area contributed by atoms with Crippen LogP contribution < -0.4 is 10.0 Å². The molecule has 2 heterocycles. The van der Waals surface area contributed by atoms with Gasteiger partial charge >= 0.3 is 6.18 Å². The Hall–Kier alpha value is -1.72. The van der Waals surface area contributed by atoms with E-state index < -0.39 is 27.1 Å². The minimum absolute atomic E-state index is 0.238. The topological polar surface area (TPSA) is 84.0 Å². The van der Waals surface area contributed by atoms with Crippen molar-refractivity contribution in [2.45, 2.75) is 63.9 Å². The second kappa shape index (κ2) is 9.41. The lowest BCUT2D eigenvalue weighted by molar-refractivity contribution is -0.141. The maximum Gasteiger partial charge on any atom is 0.433 e. The summed E-state index contributed by atoms with van der Waals surface area (Å²) in [7, 11) is -3.24. The third kappa shape index (κ3) is 6.17. The van der Waals surface area contributed by atoms with E-state index in [0.29, 0.717) is 23.7 Å². The van der Waals surface area contributed by atoms with E-state index in [0.717, 1.165) is 41.8 Å². The van der Waals surface area contributed by atoms with Crippen molar-refractivity contribution >= 4 is 26.5 Å². The molecule has 0 spiro atoms. The third-order valence-electron chi connectivity index (χ3n) is 5.49. The van der Waals surface area contributed by atoms with E-state index in [2.05, 4.69) is 20.0 Å². The minimum atomic E-state index is -4.46. The first-order chi connectivity index (χ1) is 14.5. The molecule has 0 atom stereocenters. The van der Waals surface area contributed by atoms with Crippen molar-refractivity contribution in [1.82, 2.24) is 14.7 Å². The van der Waals surface area contributed by atoms with E-state index in [9.17, 15) is 21.6 Å². The van der Waals surface area contributed by atoms with E-state index in [1.54, 1.807) is 13.8 Å². The molecule has 1 saturated carbocycles. The molecule has 172 valence electrons. The molecule has 1 aliphatic rings. The van der Waals surface area contributed by atoms with Crippen LogP contribution in [-0.4, -0.2) is 36.2 Å².